The molecular formula is C13H16N6O2. The van der Waals surface area contributed by atoms with Crippen molar-refractivity contribution in [1.29, 1.82) is 0 Å². The number of nitrogens with zero attached hydrogens (tertiary/aromatic N) is 5. The van der Waals surface area contributed by atoms with Crippen LogP contribution in [-0.2, 0) is 12.0 Å². The van der Waals surface area contributed by atoms with Gasteiger partial charge in [-0.05, 0) is 12.1 Å². The Hall–Kier alpha value is -2.64. The fourth-order valence-electron chi connectivity index (χ4n) is 2.16. The molecule has 0 fully saturated rings. The Morgan fingerprint density at radius 3 is 2.81 bits per heavy atom. The smallest absolute Gasteiger partial charge is 0.248 e. The zero-order valence-corrected chi connectivity index (χ0v) is 12.1. The number of hydrogen-bond donors (Lipinski definition) is 1. The average molecular weight is 288 g/mol. The summed E-state index contributed by atoms with van der Waals surface area (Å²) in [4.78, 5) is 4.28. The second-order valence-electron chi connectivity index (χ2n) is 5.72. The summed E-state index contributed by atoms with van der Waals surface area (Å²) in [6.07, 6.45) is 1.56. The average Bonchev–Trinajstić information content (AvgIpc) is 3.09. The van der Waals surface area contributed by atoms with Gasteiger partial charge in [-0.25, -0.2) is 4.68 Å². The molecule has 8 heteroatoms. The molecule has 0 aromatic carbocycles. The highest BCUT2D eigenvalue weighted by Gasteiger charge is 2.25. The number of nitrogens with two attached hydrogens (primary N) is 1. The summed E-state index contributed by atoms with van der Waals surface area (Å²) < 4.78 is 12.1. The minimum absolute atomic E-state index is 0.183. The van der Waals surface area contributed by atoms with Gasteiger partial charge < -0.3 is 14.7 Å². The number of rotatable bonds is 3. The Bertz CT molecular complexity index is 735. The summed E-state index contributed by atoms with van der Waals surface area (Å²) in [5.41, 5.74) is 6.54. The lowest BCUT2D eigenvalue weighted by Crippen LogP contribution is -2.20. The van der Waals surface area contributed by atoms with Crippen molar-refractivity contribution in [2.75, 3.05) is 5.73 Å². The lowest BCUT2D eigenvalue weighted by molar-refractivity contribution is 0.357. The van der Waals surface area contributed by atoms with E-state index in [1.807, 2.05) is 20.8 Å². The quantitative estimate of drug-likeness (QED) is 0.783. The molecule has 8 nitrogen and oxygen atoms in total. The second kappa shape index (κ2) is 4.72. The summed E-state index contributed by atoms with van der Waals surface area (Å²) >= 11 is 0. The van der Waals surface area contributed by atoms with Gasteiger partial charge in [0.2, 0.25) is 11.7 Å². The van der Waals surface area contributed by atoms with Crippen LogP contribution in [-0.4, -0.2) is 25.1 Å². The molecule has 3 aromatic rings. The number of anilines is 1. The monoisotopic (exact) mass is 288 g/mol. The molecule has 0 spiro atoms. The van der Waals surface area contributed by atoms with Gasteiger partial charge in [0.25, 0.3) is 0 Å². The van der Waals surface area contributed by atoms with Crippen LogP contribution in [0.3, 0.4) is 0 Å². The molecule has 0 aliphatic heterocycles. The third-order valence-corrected chi connectivity index (χ3v) is 2.97. The topological polar surface area (TPSA) is 109 Å². The van der Waals surface area contributed by atoms with Crippen molar-refractivity contribution in [2.45, 2.75) is 32.7 Å². The van der Waals surface area contributed by atoms with E-state index >= 15 is 0 Å². The molecule has 0 aliphatic carbocycles. The maximum absolute atomic E-state index is 5.89. The molecule has 3 aromatic heterocycles. The van der Waals surface area contributed by atoms with Crippen molar-refractivity contribution < 1.29 is 8.94 Å². The van der Waals surface area contributed by atoms with Crippen LogP contribution < -0.4 is 5.73 Å². The highest BCUT2D eigenvalue weighted by atomic mass is 16.5. The Morgan fingerprint density at radius 1 is 1.33 bits per heavy atom. The van der Waals surface area contributed by atoms with E-state index in [0.29, 0.717) is 29.8 Å². The van der Waals surface area contributed by atoms with Crippen molar-refractivity contribution in [2.24, 2.45) is 0 Å². The van der Waals surface area contributed by atoms with E-state index in [1.54, 1.807) is 23.1 Å². The van der Waals surface area contributed by atoms with E-state index in [4.69, 9.17) is 14.7 Å². The fourth-order valence-corrected chi connectivity index (χ4v) is 2.16. The number of nitrogen functional groups attached to an aromatic ring is 1. The van der Waals surface area contributed by atoms with Gasteiger partial charge in [-0.1, -0.05) is 31.1 Å². The highest BCUT2D eigenvalue weighted by molar-refractivity contribution is 5.44. The van der Waals surface area contributed by atoms with Gasteiger partial charge in [-0.15, -0.1) is 5.10 Å². The largest absolute Gasteiger partial charge is 0.461 e. The van der Waals surface area contributed by atoms with E-state index in [0.717, 1.165) is 5.69 Å². The Labute approximate surface area is 120 Å². The van der Waals surface area contributed by atoms with E-state index in [-0.39, 0.29) is 5.41 Å². The van der Waals surface area contributed by atoms with Crippen LogP contribution in [0.25, 0.3) is 11.6 Å². The van der Waals surface area contributed by atoms with Crippen molar-refractivity contribution in [1.82, 2.24) is 25.1 Å². The summed E-state index contributed by atoms with van der Waals surface area (Å²) in [7, 11) is 0. The number of hydrogen-bond acceptors (Lipinski definition) is 7. The first-order chi connectivity index (χ1) is 9.95. The van der Waals surface area contributed by atoms with Crippen LogP contribution in [0.2, 0.25) is 0 Å². The molecule has 21 heavy (non-hydrogen) atoms. The molecule has 0 atom stereocenters. The lowest BCUT2D eigenvalue weighted by Gasteiger charge is -2.19. The zero-order valence-electron chi connectivity index (χ0n) is 12.1. The molecule has 3 heterocycles. The van der Waals surface area contributed by atoms with Gasteiger partial charge in [0.15, 0.2) is 11.6 Å². The van der Waals surface area contributed by atoms with Crippen LogP contribution in [0.5, 0.6) is 0 Å². The molecule has 0 radical (unpaired) electrons. The molecule has 2 N–H and O–H groups in total. The summed E-state index contributed by atoms with van der Waals surface area (Å²) in [5.74, 6) is 1.78. The summed E-state index contributed by atoms with van der Waals surface area (Å²) in [6, 6.07) is 3.53. The number of aromatic nitrogens is 5. The number of furan rings is 1. The van der Waals surface area contributed by atoms with Crippen LogP contribution >= 0.6 is 0 Å². The third kappa shape index (κ3) is 2.51. The van der Waals surface area contributed by atoms with Crippen LogP contribution in [0.4, 0.5) is 5.82 Å². The molecule has 3 rings (SSSR count). The predicted molar refractivity (Wildman–Crippen MR) is 74.2 cm³/mol. The second-order valence-corrected chi connectivity index (χ2v) is 5.72. The van der Waals surface area contributed by atoms with Gasteiger partial charge in [0.1, 0.15) is 6.54 Å². The van der Waals surface area contributed by atoms with E-state index in [1.165, 1.54) is 0 Å². The van der Waals surface area contributed by atoms with Gasteiger partial charge in [-0.2, -0.15) is 4.98 Å². The van der Waals surface area contributed by atoms with Crippen LogP contribution in [0.15, 0.2) is 27.3 Å². The Kier molecular flexibility index (Phi) is 3.00. The minimum atomic E-state index is -0.183. The van der Waals surface area contributed by atoms with E-state index in [2.05, 4.69) is 20.5 Å². The normalized spacial score (nSPS) is 12.0. The summed E-state index contributed by atoms with van der Waals surface area (Å²) in [6.45, 7) is 6.44. The first kappa shape index (κ1) is 13.3. The van der Waals surface area contributed by atoms with Gasteiger partial charge in [0.05, 0.1) is 12.0 Å². The SMILES string of the molecule is CC(C)(C)c1c(N)nnn1Cc1nc(-c2ccco2)no1. The molecule has 0 unspecified atom stereocenters. The maximum atomic E-state index is 5.89. The zero-order chi connectivity index (χ0) is 15.0. The van der Waals surface area contributed by atoms with Gasteiger partial charge in [0, 0.05) is 5.41 Å². The maximum Gasteiger partial charge on any atom is 0.248 e. The van der Waals surface area contributed by atoms with Crippen molar-refractivity contribution in [3.05, 3.63) is 30.0 Å². The first-order valence-corrected chi connectivity index (χ1v) is 6.51. The minimum Gasteiger partial charge on any atom is -0.461 e. The third-order valence-electron chi connectivity index (χ3n) is 2.97. The van der Waals surface area contributed by atoms with Crippen molar-refractivity contribution in [3.8, 4) is 11.6 Å². The van der Waals surface area contributed by atoms with Gasteiger partial charge in [-0.3, -0.25) is 0 Å². The molecule has 0 saturated carbocycles. The predicted octanol–water partition coefficient (Wildman–Crippen LogP) is 1.85. The summed E-state index contributed by atoms with van der Waals surface area (Å²) in [5, 5.41) is 11.8. The van der Waals surface area contributed by atoms with Crippen LogP contribution in [0.1, 0.15) is 32.4 Å². The molecule has 110 valence electrons. The standard InChI is InChI=1S/C13H16N6O2/c1-13(2,3)10-11(14)16-18-19(10)7-9-15-12(17-21-9)8-5-4-6-20-8/h4-6H,7,14H2,1-3H3. The van der Waals surface area contributed by atoms with Crippen LogP contribution in [0, 0.1) is 0 Å². The molecular weight excluding hydrogens is 272 g/mol. The first-order valence-electron chi connectivity index (χ1n) is 6.51. The molecule has 0 saturated heterocycles. The molecule has 0 bridgehead atoms. The van der Waals surface area contributed by atoms with Crippen molar-refractivity contribution >= 4 is 5.82 Å². The molecule has 0 amide bonds. The fraction of sp³-hybridized carbons (Fsp3) is 0.385. The Balaban J connectivity index is 1.88. The van der Waals surface area contributed by atoms with E-state index < -0.39 is 0 Å². The Morgan fingerprint density at radius 2 is 2.14 bits per heavy atom. The molecule has 0 aliphatic rings. The van der Waals surface area contributed by atoms with E-state index in [9.17, 15) is 0 Å². The lowest BCUT2D eigenvalue weighted by atomic mass is 9.92. The van der Waals surface area contributed by atoms with Crippen molar-refractivity contribution in [3.63, 3.8) is 0 Å². The highest BCUT2D eigenvalue weighted by Crippen LogP contribution is 2.26. The van der Waals surface area contributed by atoms with Gasteiger partial charge >= 0.3 is 0 Å².